The minimum atomic E-state index is -0.541. The van der Waals surface area contributed by atoms with E-state index in [0.717, 1.165) is 11.3 Å². The minimum absolute atomic E-state index is 0. The van der Waals surface area contributed by atoms with E-state index in [1.807, 2.05) is 38.1 Å². The first-order valence-electron chi connectivity index (χ1n) is 9.56. The Balaban J connectivity index is 0.00000420. The molecule has 0 unspecified atom stereocenters. The molecule has 1 aliphatic rings. The molecule has 7 heteroatoms. The van der Waals surface area contributed by atoms with Gasteiger partial charge in [0.15, 0.2) is 0 Å². The number of nitrogens with zero attached hydrogens (tertiary/aromatic N) is 1. The first kappa shape index (κ1) is 25.2. The Labute approximate surface area is 190 Å². The summed E-state index contributed by atoms with van der Waals surface area (Å²) in [5.41, 5.74) is 4.22. The van der Waals surface area contributed by atoms with Crippen molar-refractivity contribution in [3.63, 3.8) is 0 Å². The Hall–Kier alpha value is -1.87. The van der Waals surface area contributed by atoms with Gasteiger partial charge >= 0.3 is 11.9 Å². The van der Waals surface area contributed by atoms with Crippen molar-refractivity contribution in [1.82, 2.24) is 9.80 Å². The lowest BCUT2D eigenvalue weighted by atomic mass is 9.80. The van der Waals surface area contributed by atoms with Gasteiger partial charge in [-0.3, -0.25) is 4.48 Å². The number of dihydropyridines is 1. The van der Waals surface area contributed by atoms with Gasteiger partial charge in [-0.05, 0) is 45.4 Å². The van der Waals surface area contributed by atoms with Gasteiger partial charge in [0.05, 0.1) is 51.4 Å². The van der Waals surface area contributed by atoms with Crippen molar-refractivity contribution in [3.05, 3.63) is 52.4 Å². The largest absolute Gasteiger partial charge is 1.00 e. The van der Waals surface area contributed by atoms with Gasteiger partial charge in [0.1, 0.15) is 5.69 Å². The van der Waals surface area contributed by atoms with Crippen LogP contribution in [-0.4, -0.2) is 46.3 Å². The fraction of sp³-hybridized carbons (Fsp3) is 0.455. The molecule has 6 nitrogen and oxygen atoms in total. The Morgan fingerprint density at radius 1 is 0.897 bits per heavy atom. The molecule has 0 aromatic heterocycles. The van der Waals surface area contributed by atoms with E-state index in [-0.39, 0.29) is 37.2 Å². The summed E-state index contributed by atoms with van der Waals surface area (Å²) in [5, 5.41) is 3.15. The van der Waals surface area contributed by atoms with E-state index < -0.39 is 17.9 Å². The van der Waals surface area contributed by atoms with E-state index in [1.54, 1.807) is 13.8 Å². The average Bonchev–Trinajstić information content (AvgIpc) is 2.60. The number of halogens is 1. The van der Waals surface area contributed by atoms with E-state index >= 15 is 0 Å². The number of rotatable bonds is 6. The van der Waals surface area contributed by atoms with Crippen LogP contribution in [0, 0.1) is 0 Å². The van der Waals surface area contributed by atoms with Crippen molar-refractivity contribution in [2.24, 2.45) is 0 Å². The fourth-order valence-electron chi connectivity index (χ4n) is 3.40. The highest BCUT2D eigenvalue weighted by atomic mass is 127. The first-order chi connectivity index (χ1) is 13.1. The molecule has 1 N–H and O–H groups in total. The summed E-state index contributed by atoms with van der Waals surface area (Å²) >= 11 is 0. The summed E-state index contributed by atoms with van der Waals surface area (Å²) in [7, 11) is 6.26. The van der Waals surface area contributed by atoms with Gasteiger partial charge in [-0.25, -0.2) is 9.59 Å². The van der Waals surface area contributed by atoms with Crippen LogP contribution in [0.3, 0.4) is 0 Å². The van der Waals surface area contributed by atoms with E-state index in [2.05, 4.69) is 26.5 Å². The molecule has 1 aromatic carbocycles. The van der Waals surface area contributed by atoms with Crippen LogP contribution in [0.2, 0.25) is 0 Å². The van der Waals surface area contributed by atoms with Crippen LogP contribution in [0.4, 0.5) is 5.69 Å². The predicted octanol–water partition coefficient (Wildman–Crippen LogP) is 0.248. The van der Waals surface area contributed by atoms with Crippen LogP contribution in [0.15, 0.2) is 46.8 Å². The lowest BCUT2D eigenvalue weighted by Crippen LogP contribution is -3.00. The lowest BCUT2D eigenvalue weighted by molar-refractivity contribution is -0.139. The normalized spacial score (nSPS) is 14.9. The molecular formula is C22H31IN2O4. The van der Waals surface area contributed by atoms with Crippen molar-refractivity contribution in [2.75, 3.05) is 34.4 Å². The third-order valence-electron chi connectivity index (χ3n) is 4.75. The van der Waals surface area contributed by atoms with Crippen molar-refractivity contribution < 1.29 is 43.0 Å². The second kappa shape index (κ2) is 10.2. The molecule has 1 aromatic rings. The van der Waals surface area contributed by atoms with Gasteiger partial charge in [-0.2, -0.15) is 0 Å². The quantitative estimate of drug-likeness (QED) is 0.335. The molecule has 29 heavy (non-hydrogen) atoms. The molecule has 0 saturated heterocycles. The molecule has 0 spiro atoms. The maximum absolute atomic E-state index is 12.8. The highest BCUT2D eigenvalue weighted by Crippen LogP contribution is 2.39. The molecule has 160 valence electrons. The average molecular weight is 514 g/mol. The summed E-state index contributed by atoms with van der Waals surface area (Å²) in [5.74, 6) is -1.40. The Morgan fingerprint density at radius 3 is 1.66 bits per heavy atom. The van der Waals surface area contributed by atoms with Crippen LogP contribution in [0.25, 0.3) is 0 Å². The van der Waals surface area contributed by atoms with Crippen LogP contribution in [0.1, 0.15) is 39.2 Å². The zero-order valence-electron chi connectivity index (χ0n) is 18.3. The number of ether oxygens (including phenoxy) is 2. The minimum Gasteiger partial charge on any atom is -1.00 e. The number of esters is 2. The number of hydrogen-bond acceptors (Lipinski definition) is 5. The Bertz CT molecular complexity index is 780. The molecule has 0 saturated carbocycles. The lowest BCUT2D eigenvalue weighted by Gasteiger charge is -2.31. The number of quaternary nitrogens is 1. The molecule has 0 amide bonds. The molecule has 1 heterocycles. The molecule has 0 bridgehead atoms. The monoisotopic (exact) mass is 514 g/mol. The summed E-state index contributed by atoms with van der Waals surface area (Å²) < 4.78 is 11.3. The second-order valence-corrected chi connectivity index (χ2v) is 7.68. The molecule has 0 aliphatic carbocycles. The predicted molar refractivity (Wildman–Crippen MR) is 111 cm³/mol. The van der Waals surface area contributed by atoms with E-state index in [0.29, 0.717) is 27.0 Å². The van der Waals surface area contributed by atoms with Crippen molar-refractivity contribution in [3.8, 4) is 0 Å². The SMILES string of the molecule is CCOC(=O)C1=C(C)NC(C)=C(C(=O)OCC)C1c1ccc([N+](C)(C)C)cc1.[I-]. The first-order valence-corrected chi connectivity index (χ1v) is 9.56. The summed E-state index contributed by atoms with van der Waals surface area (Å²) in [4.78, 5) is 25.5. The third kappa shape index (κ3) is 5.60. The van der Waals surface area contributed by atoms with Crippen molar-refractivity contribution in [1.29, 1.82) is 0 Å². The zero-order valence-corrected chi connectivity index (χ0v) is 20.4. The summed E-state index contributed by atoms with van der Waals surface area (Å²) in [6.07, 6.45) is 0. The topological polar surface area (TPSA) is 64.6 Å². The molecule has 1 aliphatic heterocycles. The third-order valence-corrected chi connectivity index (χ3v) is 4.75. The van der Waals surface area contributed by atoms with Gasteiger partial charge in [0.25, 0.3) is 0 Å². The maximum Gasteiger partial charge on any atom is 0.336 e. The number of carbonyl (C=O) groups is 2. The van der Waals surface area contributed by atoms with Gasteiger partial charge in [0, 0.05) is 11.4 Å². The Kier molecular flexibility index (Phi) is 8.89. The number of hydrogen-bond donors (Lipinski definition) is 1. The number of carbonyl (C=O) groups excluding carboxylic acids is 2. The van der Waals surface area contributed by atoms with Gasteiger partial charge in [0.2, 0.25) is 0 Å². The standard InChI is InChI=1S/C22H30N2O4.HI/c1-8-27-21(25)18-14(3)23-15(4)19(22(26)28-9-2)20(18)16-10-12-17(13-11-16)24(5,6)7;/h10-13,20H,8-9H2,1-7H3;1H. The maximum atomic E-state index is 12.8. The molecule has 2 rings (SSSR count). The number of allylic oxidation sites excluding steroid dienone is 2. The summed E-state index contributed by atoms with van der Waals surface area (Å²) in [6.45, 7) is 7.71. The van der Waals surface area contributed by atoms with Crippen molar-refractivity contribution in [2.45, 2.75) is 33.6 Å². The van der Waals surface area contributed by atoms with Crippen molar-refractivity contribution >= 4 is 17.6 Å². The molecule has 0 atom stereocenters. The van der Waals surface area contributed by atoms with E-state index in [4.69, 9.17) is 9.47 Å². The van der Waals surface area contributed by atoms with Gasteiger partial charge in [-0.15, -0.1) is 0 Å². The molecular weight excluding hydrogens is 483 g/mol. The smallest absolute Gasteiger partial charge is 0.336 e. The van der Waals surface area contributed by atoms with Crippen LogP contribution in [-0.2, 0) is 19.1 Å². The van der Waals surface area contributed by atoms with Crippen LogP contribution in [0.5, 0.6) is 0 Å². The molecule has 0 radical (unpaired) electrons. The Morgan fingerprint density at radius 2 is 1.31 bits per heavy atom. The molecule has 0 fully saturated rings. The van der Waals surface area contributed by atoms with Crippen LogP contribution >= 0.6 is 0 Å². The van der Waals surface area contributed by atoms with Gasteiger partial charge in [-0.1, -0.05) is 12.1 Å². The number of benzene rings is 1. The van der Waals surface area contributed by atoms with Gasteiger partial charge < -0.3 is 38.8 Å². The second-order valence-electron chi connectivity index (χ2n) is 7.68. The van der Waals surface area contributed by atoms with Crippen LogP contribution < -0.4 is 33.8 Å². The summed E-state index contributed by atoms with van der Waals surface area (Å²) in [6, 6.07) is 7.98. The van der Waals surface area contributed by atoms with E-state index in [9.17, 15) is 9.59 Å². The van der Waals surface area contributed by atoms with E-state index in [1.165, 1.54) is 0 Å². The number of nitrogens with one attached hydrogen (secondary N) is 1. The zero-order chi connectivity index (χ0) is 21.1. The highest BCUT2D eigenvalue weighted by molar-refractivity contribution is 5.99. The fourth-order valence-corrected chi connectivity index (χ4v) is 3.40. The highest BCUT2D eigenvalue weighted by Gasteiger charge is 2.38.